The van der Waals surface area contributed by atoms with E-state index in [1.165, 1.54) is 18.4 Å². The number of benzene rings is 2. The molecule has 3 aromatic rings. The number of nitrogens with zero attached hydrogens (tertiary/aromatic N) is 1. The van der Waals surface area contributed by atoms with E-state index in [4.69, 9.17) is 9.15 Å². The number of ether oxygens (including phenoxy) is 1. The summed E-state index contributed by atoms with van der Waals surface area (Å²) in [5, 5.41) is 0. The predicted molar refractivity (Wildman–Crippen MR) is 109 cm³/mol. The van der Waals surface area contributed by atoms with Gasteiger partial charge in [0.15, 0.2) is 17.3 Å². The van der Waals surface area contributed by atoms with Crippen LogP contribution in [0.15, 0.2) is 64.1 Å². The van der Waals surface area contributed by atoms with Crippen LogP contribution in [0, 0.1) is 5.82 Å². The molecule has 1 N–H and O–H groups in total. The summed E-state index contributed by atoms with van der Waals surface area (Å²) in [6.45, 7) is 2.45. The highest BCUT2D eigenvalue weighted by atomic mass is 32.2. The van der Waals surface area contributed by atoms with E-state index in [0.29, 0.717) is 24.3 Å². The summed E-state index contributed by atoms with van der Waals surface area (Å²) in [5.74, 6) is -0.766. The zero-order valence-corrected chi connectivity index (χ0v) is 16.9. The molecule has 4 rings (SSSR count). The third-order valence-corrected chi connectivity index (χ3v) is 6.10. The Morgan fingerprint density at radius 1 is 1.23 bits per heavy atom. The molecule has 9 heteroatoms. The maximum absolute atomic E-state index is 14.1. The normalized spacial score (nSPS) is 13.2. The molecule has 1 amide bonds. The van der Waals surface area contributed by atoms with Crippen LogP contribution in [0.25, 0.3) is 0 Å². The molecule has 0 spiro atoms. The number of rotatable bonds is 6. The number of hydrogen-bond acceptors (Lipinski definition) is 5. The van der Waals surface area contributed by atoms with E-state index < -0.39 is 15.8 Å². The molecule has 2 aromatic carbocycles. The molecule has 156 valence electrons. The van der Waals surface area contributed by atoms with Crippen LogP contribution in [0.5, 0.6) is 5.75 Å². The Bertz CT molecular complexity index is 1190. The van der Waals surface area contributed by atoms with E-state index in [9.17, 15) is 17.6 Å². The second-order valence-electron chi connectivity index (χ2n) is 6.66. The number of anilines is 2. The lowest BCUT2D eigenvalue weighted by molar-refractivity contribution is 0.0963. The number of amides is 1. The second-order valence-corrected chi connectivity index (χ2v) is 8.34. The van der Waals surface area contributed by atoms with Crippen LogP contribution in [0.1, 0.15) is 23.0 Å². The van der Waals surface area contributed by atoms with Gasteiger partial charge in [0.2, 0.25) is 0 Å². The molecule has 1 aliphatic rings. The van der Waals surface area contributed by atoms with E-state index in [1.54, 1.807) is 42.2 Å². The first-order chi connectivity index (χ1) is 14.4. The topological polar surface area (TPSA) is 88.9 Å². The van der Waals surface area contributed by atoms with Gasteiger partial charge in [-0.15, -0.1) is 0 Å². The molecule has 2 heterocycles. The van der Waals surface area contributed by atoms with Crippen LogP contribution in [0.2, 0.25) is 0 Å². The molecule has 1 aliphatic heterocycles. The van der Waals surface area contributed by atoms with E-state index in [0.717, 1.165) is 11.6 Å². The first-order valence-corrected chi connectivity index (χ1v) is 10.8. The van der Waals surface area contributed by atoms with Crippen molar-refractivity contribution in [1.82, 2.24) is 0 Å². The van der Waals surface area contributed by atoms with Gasteiger partial charge in [0.1, 0.15) is 0 Å². The average Bonchev–Trinajstić information content (AvgIpc) is 3.38. The Morgan fingerprint density at radius 2 is 2.07 bits per heavy atom. The molecule has 0 radical (unpaired) electrons. The first-order valence-electron chi connectivity index (χ1n) is 9.32. The average molecular weight is 430 g/mol. The summed E-state index contributed by atoms with van der Waals surface area (Å²) in [6.07, 6.45) is 2.01. The van der Waals surface area contributed by atoms with Crippen LogP contribution < -0.4 is 14.4 Å². The lowest BCUT2D eigenvalue weighted by Crippen LogP contribution is -2.28. The van der Waals surface area contributed by atoms with Gasteiger partial charge in [-0.05, 0) is 67.4 Å². The molecule has 7 nitrogen and oxygen atoms in total. The number of carbonyl (C=O) groups is 1. The van der Waals surface area contributed by atoms with Crippen molar-refractivity contribution in [3.05, 3.63) is 71.9 Å². The Kier molecular flexibility index (Phi) is 5.21. The van der Waals surface area contributed by atoms with Gasteiger partial charge in [0, 0.05) is 17.9 Å². The van der Waals surface area contributed by atoms with Crippen molar-refractivity contribution in [3.63, 3.8) is 0 Å². The number of fused-ring (bicyclic) bond motifs is 1. The standard InChI is InChI=1S/C21H19FN2O5S/c1-2-28-19-8-6-16(13-17(19)22)30(26,27)23-15-5-7-18-14(12-15)9-10-24(18)21(25)20-4-3-11-29-20/h3-8,11-13,23H,2,9-10H2,1H3. The Hall–Kier alpha value is -3.33. The summed E-state index contributed by atoms with van der Waals surface area (Å²) >= 11 is 0. The number of hydrogen-bond donors (Lipinski definition) is 1. The van der Waals surface area contributed by atoms with Gasteiger partial charge in [-0.25, -0.2) is 12.8 Å². The highest BCUT2D eigenvalue weighted by Gasteiger charge is 2.27. The summed E-state index contributed by atoms with van der Waals surface area (Å²) in [6, 6.07) is 11.7. The van der Waals surface area contributed by atoms with Crippen molar-refractivity contribution in [1.29, 1.82) is 0 Å². The van der Waals surface area contributed by atoms with Crippen molar-refractivity contribution in [3.8, 4) is 5.75 Å². The quantitative estimate of drug-likeness (QED) is 0.642. The molecule has 0 fully saturated rings. The fraction of sp³-hybridized carbons (Fsp3) is 0.190. The summed E-state index contributed by atoms with van der Waals surface area (Å²) in [7, 11) is -3.99. The lowest BCUT2D eigenvalue weighted by atomic mass is 10.1. The molecule has 0 atom stereocenters. The number of carbonyl (C=O) groups excluding carboxylic acids is 1. The van der Waals surface area contributed by atoms with E-state index in [1.807, 2.05) is 0 Å². The second kappa shape index (κ2) is 7.83. The van der Waals surface area contributed by atoms with Gasteiger partial charge in [-0.1, -0.05) is 0 Å². The lowest BCUT2D eigenvalue weighted by Gasteiger charge is -2.16. The van der Waals surface area contributed by atoms with E-state index in [-0.39, 0.29) is 28.9 Å². The van der Waals surface area contributed by atoms with Crippen LogP contribution in [0.4, 0.5) is 15.8 Å². The molecule has 30 heavy (non-hydrogen) atoms. The monoisotopic (exact) mass is 430 g/mol. The number of sulfonamides is 1. The third kappa shape index (κ3) is 3.76. The zero-order valence-electron chi connectivity index (χ0n) is 16.1. The van der Waals surface area contributed by atoms with Crippen LogP contribution in [-0.4, -0.2) is 27.5 Å². The smallest absolute Gasteiger partial charge is 0.293 e. The van der Waals surface area contributed by atoms with E-state index in [2.05, 4.69) is 4.72 Å². The van der Waals surface area contributed by atoms with Gasteiger partial charge in [0.05, 0.1) is 17.8 Å². The highest BCUT2D eigenvalue weighted by molar-refractivity contribution is 7.92. The van der Waals surface area contributed by atoms with Crippen LogP contribution in [-0.2, 0) is 16.4 Å². The summed E-state index contributed by atoms with van der Waals surface area (Å²) in [4.78, 5) is 13.9. The Labute approximate surface area is 173 Å². The molecule has 0 bridgehead atoms. The van der Waals surface area contributed by atoms with Gasteiger partial charge < -0.3 is 14.1 Å². The van der Waals surface area contributed by atoms with Gasteiger partial charge in [0.25, 0.3) is 15.9 Å². The molecule has 0 aliphatic carbocycles. The SMILES string of the molecule is CCOc1ccc(S(=O)(=O)Nc2ccc3c(c2)CCN3C(=O)c2ccco2)cc1F. The fourth-order valence-corrected chi connectivity index (χ4v) is 4.41. The van der Waals surface area contributed by atoms with Gasteiger partial charge in [-0.2, -0.15) is 0 Å². The van der Waals surface area contributed by atoms with Crippen molar-refractivity contribution >= 4 is 27.3 Å². The third-order valence-electron chi connectivity index (χ3n) is 4.72. The molecule has 0 saturated heterocycles. The number of halogens is 1. The van der Waals surface area contributed by atoms with Crippen molar-refractivity contribution in [2.24, 2.45) is 0 Å². The minimum atomic E-state index is -3.99. The molecule has 1 aromatic heterocycles. The Morgan fingerprint density at radius 3 is 2.77 bits per heavy atom. The molecular weight excluding hydrogens is 411 g/mol. The summed E-state index contributed by atoms with van der Waals surface area (Å²) in [5.41, 5.74) is 1.86. The van der Waals surface area contributed by atoms with E-state index >= 15 is 0 Å². The molecule has 0 saturated carbocycles. The largest absolute Gasteiger partial charge is 0.491 e. The fourth-order valence-electron chi connectivity index (χ4n) is 3.34. The van der Waals surface area contributed by atoms with Crippen molar-refractivity contribution in [2.45, 2.75) is 18.2 Å². The van der Waals surface area contributed by atoms with Crippen LogP contribution in [0.3, 0.4) is 0 Å². The van der Waals surface area contributed by atoms with Crippen molar-refractivity contribution in [2.75, 3.05) is 22.8 Å². The molecular formula is C21H19FN2O5S. The minimum absolute atomic E-state index is 0.00436. The van der Waals surface area contributed by atoms with Crippen molar-refractivity contribution < 1.29 is 26.8 Å². The number of furan rings is 1. The zero-order chi connectivity index (χ0) is 21.3. The predicted octanol–water partition coefficient (Wildman–Crippen LogP) is 3.82. The first kappa shape index (κ1) is 20.0. The number of nitrogens with one attached hydrogen (secondary N) is 1. The maximum atomic E-state index is 14.1. The van der Waals surface area contributed by atoms with Gasteiger partial charge in [-0.3, -0.25) is 9.52 Å². The Balaban J connectivity index is 1.55. The van der Waals surface area contributed by atoms with Gasteiger partial charge >= 0.3 is 0 Å². The highest BCUT2D eigenvalue weighted by Crippen LogP contribution is 2.32. The molecule has 0 unspecified atom stereocenters. The van der Waals surface area contributed by atoms with Crippen LogP contribution >= 0.6 is 0 Å². The minimum Gasteiger partial charge on any atom is -0.491 e. The maximum Gasteiger partial charge on any atom is 0.293 e. The summed E-state index contributed by atoms with van der Waals surface area (Å²) < 4.78 is 52.1.